The number of rotatable bonds is 5. The summed E-state index contributed by atoms with van der Waals surface area (Å²) in [5.41, 5.74) is 0. The first-order chi connectivity index (χ1) is 7.81. The van der Waals surface area contributed by atoms with E-state index in [-0.39, 0.29) is 11.7 Å². The second kappa shape index (κ2) is 4.84. The molecule has 2 rings (SSSR count). The van der Waals surface area contributed by atoms with Gasteiger partial charge in [0.1, 0.15) is 17.3 Å². The van der Waals surface area contributed by atoms with Crippen LogP contribution in [-0.2, 0) is 4.79 Å². The summed E-state index contributed by atoms with van der Waals surface area (Å²) in [5, 5.41) is 0. The van der Waals surface area contributed by atoms with Crippen molar-refractivity contribution in [1.82, 2.24) is 0 Å². The van der Waals surface area contributed by atoms with Crippen molar-refractivity contribution in [3.8, 4) is 0 Å². The standard InChI is InChI=1S/C13H14O3/c1-2-10(14)9-11(12-5-3-7-15-12)13-6-4-8-16-13/h3-8,11H,2,9H2,1H3. The summed E-state index contributed by atoms with van der Waals surface area (Å²) < 4.78 is 10.7. The van der Waals surface area contributed by atoms with Crippen LogP contribution in [0.15, 0.2) is 45.6 Å². The van der Waals surface area contributed by atoms with Crippen molar-refractivity contribution < 1.29 is 13.6 Å². The van der Waals surface area contributed by atoms with E-state index in [4.69, 9.17) is 8.83 Å². The number of hydrogen-bond acceptors (Lipinski definition) is 3. The third-order valence-electron chi connectivity index (χ3n) is 2.60. The largest absolute Gasteiger partial charge is 0.469 e. The average Bonchev–Trinajstić information content (AvgIpc) is 2.97. The molecular weight excluding hydrogens is 204 g/mol. The van der Waals surface area contributed by atoms with E-state index in [2.05, 4.69) is 0 Å². The molecule has 3 heteroatoms. The minimum atomic E-state index is -0.0996. The molecule has 2 aromatic rings. The summed E-state index contributed by atoms with van der Waals surface area (Å²) in [6.45, 7) is 1.86. The zero-order valence-electron chi connectivity index (χ0n) is 9.18. The highest BCUT2D eigenvalue weighted by molar-refractivity contribution is 5.79. The number of carbonyl (C=O) groups excluding carboxylic acids is 1. The normalized spacial score (nSPS) is 10.9. The van der Waals surface area contributed by atoms with E-state index in [1.54, 1.807) is 12.5 Å². The molecule has 0 atom stereocenters. The molecule has 16 heavy (non-hydrogen) atoms. The predicted octanol–water partition coefficient (Wildman–Crippen LogP) is 3.37. The van der Waals surface area contributed by atoms with Gasteiger partial charge >= 0.3 is 0 Å². The summed E-state index contributed by atoms with van der Waals surface area (Å²) >= 11 is 0. The maximum absolute atomic E-state index is 11.5. The van der Waals surface area contributed by atoms with Gasteiger partial charge in [-0.15, -0.1) is 0 Å². The molecule has 0 saturated heterocycles. The van der Waals surface area contributed by atoms with E-state index < -0.39 is 0 Å². The Kier molecular flexibility index (Phi) is 3.25. The molecule has 0 radical (unpaired) electrons. The maximum Gasteiger partial charge on any atom is 0.133 e. The molecule has 0 N–H and O–H groups in total. The Bertz CT molecular complexity index is 391. The van der Waals surface area contributed by atoms with Gasteiger partial charge in [0.25, 0.3) is 0 Å². The van der Waals surface area contributed by atoms with E-state index >= 15 is 0 Å². The first kappa shape index (κ1) is 10.7. The number of furan rings is 2. The van der Waals surface area contributed by atoms with Gasteiger partial charge in [-0.05, 0) is 24.3 Å². The third kappa shape index (κ3) is 2.24. The molecule has 0 aliphatic rings. The lowest BCUT2D eigenvalue weighted by Crippen LogP contribution is -2.06. The zero-order chi connectivity index (χ0) is 11.4. The van der Waals surface area contributed by atoms with Gasteiger partial charge in [0.15, 0.2) is 0 Å². The van der Waals surface area contributed by atoms with Gasteiger partial charge in [0.2, 0.25) is 0 Å². The van der Waals surface area contributed by atoms with Crippen molar-refractivity contribution in [2.75, 3.05) is 0 Å². The zero-order valence-corrected chi connectivity index (χ0v) is 9.18. The molecule has 3 nitrogen and oxygen atoms in total. The van der Waals surface area contributed by atoms with E-state index in [0.717, 1.165) is 11.5 Å². The van der Waals surface area contributed by atoms with E-state index in [9.17, 15) is 4.79 Å². The molecule has 0 unspecified atom stereocenters. The lowest BCUT2D eigenvalue weighted by molar-refractivity contribution is -0.119. The number of hydrogen-bond donors (Lipinski definition) is 0. The highest BCUT2D eigenvalue weighted by Crippen LogP contribution is 2.29. The molecule has 0 amide bonds. The molecule has 0 aromatic carbocycles. The second-order valence-electron chi connectivity index (χ2n) is 3.68. The van der Waals surface area contributed by atoms with Gasteiger partial charge in [-0.25, -0.2) is 0 Å². The summed E-state index contributed by atoms with van der Waals surface area (Å²) in [5.74, 6) is 1.66. The van der Waals surface area contributed by atoms with Gasteiger partial charge in [0.05, 0.1) is 18.4 Å². The molecule has 0 aliphatic carbocycles. The van der Waals surface area contributed by atoms with Crippen molar-refractivity contribution in [1.29, 1.82) is 0 Å². The SMILES string of the molecule is CCC(=O)CC(c1ccco1)c1ccco1. The Hall–Kier alpha value is -1.77. The van der Waals surface area contributed by atoms with E-state index in [1.165, 1.54) is 0 Å². The van der Waals surface area contributed by atoms with Crippen molar-refractivity contribution in [2.45, 2.75) is 25.7 Å². The van der Waals surface area contributed by atoms with Crippen LogP contribution in [0.3, 0.4) is 0 Å². The Morgan fingerprint density at radius 3 is 2.12 bits per heavy atom. The van der Waals surface area contributed by atoms with Gasteiger partial charge < -0.3 is 8.83 Å². The minimum absolute atomic E-state index is 0.0996. The number of Topliss-reactive ketones (excluding diaryl/α,β-unsaturated/α-hetero) is 1. The van der Waals surface area contributed by atoms with Crippen LogP contribution in [0.5, 0.6) is 0 Å². The maximum atomic E-state index is 11.5. The van der Waals surface area contributed by atoms with Crippen molar-refractivity contribution in [3.05, 3.63) is 48.3 Å². The van der Waals surface area contributed by atoms with Crippen molar-refractivity contribution in [2.24, 2.45) is 0 Å². The van der Waals surface area contributed by atoms with E-state index in [0.29, 0.717) is 12.8 Å². The quantitative estimate of drug-likeness (QED) is 0.772. The van der Waals surface area contributed by atoms with Gasteiger partial charge in [0, 0.05) is 12.8 Å². The molecule has 0 saturated carbocycles. The monoisotopic (exact) mass is 218 g/mol. The van der Waals surface area contributed by atoms with Crippen molar-refractivity contribution >= 4 is 5.78 Å². The molecule has 2 heterocycles. The molecular formula is C13H14O3. The van der Waals surface area contributed by atoms with Crippen LogP contribution in [0.25, 0.3) is 0 Å². The van der Waals surface area contributed by atoms with Crippen LogP contribution < -0.4 is 0 Å². The van der Waals surface area contributed by atoms with Crippen LogP contribution >= 0.6 is 0 Å². The van der Waals surface area contributed by atoms with Crippen LogP contribution in [-0.4, -0.2) is 5.78 Å². The predicted molar refractivity (Wildman–Crippen MR) is 59.2 cm³/mol. The molecule has 2 aromatic heterocycles. The van der Waals surface area contributed by atoms with Crippen LogP contribution in [0, 0.1) is 0 Å². The van der Waals surface area contributed by atoms with Gasteiger partial charge in [-0.1, -0.05) is 6.92 Å². The molecule has 84 valence electrons. The minimum Gasteiger partial charge on any atom is -0.469 e. The van der Waals surface area contributed by atoms with Crippen LogP contribution in [0.1, 0.15) is 37.2 Å². The Labute approximate surface area is 94.1 Å². The number of carbonyl (C=O) groups is 1. The first-order valence-electron chi connectivity index (χ1n) is 5.39. The summed E-state index contributed by atoms with van der Waals surface area (Å²) in [6, 6.07) is 7.38. The van der Waals surface area contributed by atoms with Crippen LogP contribution in [0.2, 0.25) is 0 Å². The second-order valence-corrected chi connectivity index (χ2v) is 3.68. The van der Waals surface area contributed by atoms with Crippen molar-refractivity contribution in [3.63, 3.8) is 0 Å². The highest BCUT2D eigenvalue weighted by atomic mass is 16.3. The fourth-order valence-corrected chi connectivity index (χ4v) is 1.69. The van der Waals surface area contributed by atoms with Gasteiger partial charge in [-0.2, -0.15) is 0 Å². The summed E-state index contributed by atoms with van der Waals surface area (Å²) in [4.78, 5) is 11.5. The van der Waals surface area contributed by atoms with Gasteiger partial charge in [-0.3, -0.25) is 4.79 Å². The topological polar surface area (TPSA) is 43.4 Å². The third-order valence-corrected chi connectivity index (χ3v) is 2.60. The highest BCUT2D eigenvalue weighted by Gasteiger charge is 2.22. The summed E-state index contributed by atoms with van der Waals surface area (Å²) in [7, 11) is 0. The lowest BCUT2D eigenvalue weighted by Gasteiger charge is -2.10. The summed E-state index contributed by atoms with van der Waals surface area (Å²) in [6.07, 6.45) is 4.19. The lowest BCUT2D eigenvalue weighted by atomic mass is 9.96. The first-order valence-corrected chi connectivity index (χ1v) is 5.39. The Morgan fingerprint density at radius 2 is 1.75 bits per heavy atom. The van der Waals surface area contributed by atoms with E-state index in [1.807, 2.05) is 31.2 Å². The molecule has 0 spiro atoms. The number of ketones is 1. The fourth-order valence-electron chi connectivity index (χ4n) is 1.69. The Balaban J connectivity index is 2.24. The van der Waals surface area contributed by atoms with Crippen LogP contribution in [0.4, 0.5) is 0 Å². The molecule has 0 aliphatic heterocycles. The Morgan fingerprint density at radius 1 is 1.19 bits per heavy atom. The fraction of sp³-hybridized carbons (Fsp3) is 0.308. The average molecular weight is 218 g/mol. The molecule has 0 bridgehead atoms. The molecule has 0 fully saturated rings. The smallest absolute Gasteiger partial charge is 0.133 e.